The van der Waals surface area contributed by atoms with Gasteiger partial charge in [-0.05, 0) is 38.5 Å². The number of allylic oxidation sites excluding steroid dienone is 3. The van der Waals surface area contributed by atoms with Gasteiger partial charge in [0.15, 0.2) is 0 Å². The summed E-state index contributed by atoms with van der Waals surface area (Å²) in [5, 5.41) is 0. The molecular formula is C18H31NO. The van der Waals surface area contributed by atoms with Crippen LogP contribution < -0.4 is 5.73 Å². The van der Waals surface area contributed by atoms with Crippen LogP contribution >= 0.6 is 0 Å². The van der Waals surface area contributed by atoms with Crippen LogP contribution in [0.1, 0.15) is 71.6 Å². The van der Waals surface area contributed by atoms with E-state index in [1.54, 1.807) is 0 Å². The molecule has 114 valence electrons. The van der Waals surface area contributed by atoms with E-state index in [0.29, 0.717) is 0 Å². The lowest BCUT2D eigenvalue weighted by Crippen LogP contribution is -2.40. The zero-order chi connectivity index (χ0) is 14.9. The maximum Gasteiger partial charge on any atom is 0.125 e. The minimum absolute atomic E-state index is 0.0680. The summed E-state index contributed by atoms with van der Waals surface area (Å²) in [5.74, 6) is 0. The molecule has 0 aliphatic heterocycles. The van der Waals surface area contributed by atoms with Crippen LogP contribution in [-0.4, -0.2) is 11.8 Å². The lowest BCUT2D eigenvalue weighted by molar-refractivity contribution is -0.114. The van der Waals surface area contributed by atoms with Crippen molar-refractivity contribution in [1.82, 2.24) is 0 Å². The van der Waals surface area contributed by atoms with Crippen molar-refractivity contribution >= 4 is 6.29 Å². The minimum atomic E-state index is -0.223. The molecule has 0 unspecified atom stereocenters. The molecule has 0 heterocycles. The monoisotopic (exact) mass is 277 g/mol. The van der Waals surface area contributed by atoms with Gasteiger partial charge in [0, 0.05) is 11.0 Å². The highest BCUT2D eigenvalue weighted by Gasteiger charge is 2.25. The lowest BCUT2D eigenvalue weighted by atomic mass is 9.80. The highest BCUT2D eigenvalue weighted by Crippen LogP contribution is 2.28. The van der Waals surface area contributed by atoms with Gasteiger partial charge in [0.05, 0.1) is 0 Å². The van der Waals surface area contributed by atoms with Crippen LogP contribution in [0.3, 0.4) is 0 Å². The van der Waals surface area contributed by atoms with Crippen molar-refractivity contribution in [2.24, 2.45) is 11.1 Å². The number of unbranched alkanes of at least 4 members (excludes halogenated alkanes) is 1. The van der Waals surface area contributed by atoms with Gasteiger partial charge < -0.3 is 10.5 Å². The van der Waals surface area contributed by atoms with Crippen molar-refractivity contribution in [2.75, 3.05) is 0 Å². The Hall–Kier alpha value is -0.890. The fourth-order valence-corrected chi connectivity index (χ4v) is 2.64. The highest BCUT2D eigenvalue weighted by atomic mass is 16.1. The van der Waals surface area contributed by atoms with Crippen LogP contribution in [0.15, 0.2) is 24.3 Å². The second-order valence-corrected chi connectivity index (χ2v) is 6.96. The summed E-state index contributed by atoms with van der Waals surface area (Å²) >= 11 is 0. The fraction of sp³-hybridized carbons (Fsp3) is 0.722. The molecule has 0 atom stereocenters. The zero-order valence-corrected chi connectivity index (χ0v) is 13.2. The number of nitrogens with two attached hydrogens (primary N) is 1. The van der Waals surface area contributed by atoms with E-state index in [9.17, 15) is 4.79 Å². The van der Waals surface area contributed by atoms with Gasteiger partial charge >= 0.3 is 0 Å². The minimum Gasteiger partial charge on any atom is -0.325 e. The molecule has 0 aromatic carbocycles. The molecule has 0 saturated heterocycles. The maximum absolute atomic E-state index is 10.8. The summed E-state index contributed by atoms with van der Waals surface area (Å²) in [6.45, 7) is 3.93. The second kappa shape index (κ2) is 8.41. The average molecular weight is 277 g/mol. The van der Waals surface area contributed by atoms with Crippen molar-refractivity contribution in [1.29, 1.82) is 0 Å². The average Bonchev–Trinajstić information content (AvgIpc) is 2.42. The third-order valence-electron chi connectivity index (χ3n) is 4.17. The molecule has 0 bridgehead atoms. The van der Waals surface area contributed by atoms with E-state index in [4.69, 9.17) is 5.73 Å². The van der Waals surface area contributed by atoms with E-state index in [2.05, 4.69) is 24.3 Å². The molecule has 20 heavy (non-hydrogen) atoms. The van der Waals surface area contributed by atoms with Gasteiger partial charge in [-0.1, -0.05) is 57.4 Å². The van der Waals surface area contributed by atoms with Gasteiger partial charge in [-0.15, -0.1) is 0 Å². The molecule has 1 saturated carbocycles. The van der Waals surface area contributed by atoms with Crippen molar-refractivity contribution in [3.63, 3.8) is 0 Å². The fourth-order valence-electron chi connectivity index (χ4n) is 2.64. The molecule has 2 heteroatoms. The number of rotatable bonds is 8. The van der Waals surface area contributed by atoms with Crippen LogP contribution in [0.5, 0.6) is 0 Å². The molecule has 0 aromatic heterocycles. The van der Waals surface area contributed by atoms with Crippen molar-refractivity contribution in [2.45, 2.75) is 77.2 Å². The maximum atomic E-state index is 10.8. The van der Waals surface area contributed by atoms with E-state index >= 15 is 0 Å². The Bertz CT molecular complexity index is 335. The van der Waals surface area contributed by atoms with Gasteiger partial charge in [-0.2, -0.15) is 0 Å². The van der Waals surface area contributed by atoms with Crippen molar-refractivity contribution in [3.05, 3.63) is 24.3 Å². The summed E-state index contributed by atoms with van der Waals surface area (Å²) in [5.41, 5.74) is 6.23. The van der Waals surface area contributed by atoms with Crippen LogP contribution in [-0.2, 0) is 4.79 Å². The first-order valence-corrected chi connectivity index (χ1v) is 8.03. The predicted molar refractivity (Wildman–Crippen MR) is 86.6 cm³/mol. The quantitative estimate of drug-likeness (QED) is 0.402. The third kappa shape index (κ3) is 7.04. The number of carbonyl (C=O) groups is 1. The topological polar surface area (TPSA) is 43.1 Å². The molecule has 0 radical (unpaired) electrons. The molecular weight excluding hydrogens is 246 g/mol. The summed E-state index contributed by atoms with van der Waals surface area (Å²) < 4.78 is 0. The number of aldehydes is 1. The molecule has 0 aromatic rings. The molecule has 1 aliphatic carbocycles. The molecule has 0 amide bonds. The molecule has 0 spiro atoms. The highest BCUT2D eigenvalue weighted by molar-refractivity contribution is 5.58. The van der Waals surface area contributed by atoms with E-state index < -0.39 is 0 Å². The van der Waals surface area contributed by atoms with Gasteiger partial charge in [0.1, 0.15) is 6.29 Å². The summed E-state index contributed by atoms with van der Waals surface area (Å²) in [7, 11) is 0. The molecule has 1 rings (SSSR count). The van der Waals surface area contributed by atoms with Crippen LogP contribution in [0.2, 0.25) is 0 Å². The first-order valence-electron chi connectivity index (χ1n) is 8.03. The summed E-state index contributed by atoms with van der Waals surface area (Å²) in [4.78, 5) is 10.8. The first-order chi connectivity index (χ1) is 9.47. The normalized spacial score (nSPS) is 19.8. The summed E-state index contributed by atoms with van der Waals surface area (Å²) in [6, 6.07) is 0. The van der Waals surface area contributed by atoms with Gasteiger partial charge in [-0.25, -0.2) is 0 Å². The molecule has 1 fully saturated rings. The Kier molecular flexibility index (Phi) is 7.22. The standard InChI is InChI=1S/C18H31NO/c1-17(2,16-20)12-8-5-3-4-6-9-13-18(19)14-10-7-11-15-18/h5-6,8-9,16H,3-4,7,10-15,19H2,1-2H3. The summed E-state index contributed by atoms with van der Waals surface area (Å²) in [6.07, 6.45) is 20.1. The van der Waals surface area contributed by atoms with E-state index in [0.717, 1.165) is 32.0 Å². The Balaban J connectivity index is 2.13. The molecule has 2 N–H and O–H groups in total. The first kappa shape index (κ1) is 17.2. The zero-order valence-electron chi connectivity index (χ0n) is 13.2. The third-order valence-corrected chi connectivity index (χ3v) is 4.17. The van der Waals surface area contributed by atoms with E-state index in [1.165, 1.54) is 32.1 Å². The Labute approximate surface area is 124 Å². The van der Waals surface area contributed by atoms with Crippen molar-refractivity contribution < 1.29 is 4.79 Å². The largest absolute Gasteiger partial charge is 0.325 e. The van der Waals surface area contributed by atoms with Gasteiger partial charge in [-0.3, -0.25) is 0 Å². The molecule has 1 aliphatic rings. The number of hydrogen-bond acceptors (Lipinski definition) is 2. The van der Waals surface area contributed by atoms with Gasteiger partial charge in [0.25, 0.3) is 0 Å². The smallest absolute Gasteiger partial charge is 0.125 e. The van der Waals surface area contributed by atoms with Crippen LogP contribution in [0, 0.1) is 5.41 Å². The van der Waals surface area contributed by atoms with Gasteiger partial charge in [0.2, 0.25) is 0 Å². The number of carbonyl (C=O) groups excluding carboxylic acids is 1. The second-order valence-electron chi connectivity index (χ2n) is 6.96. The SMILES string of the molecule is CC(C)(C=O)CC=CCCC=CCC1(N)CCCCC1. The molecule has 2 nitrogen and oxygen atoms in total. The predicted octanol–water partition coefficient (Wildman–Crippen LogP) is 4.55. The Morgan fingerprint density at radius 2 is 1.60 bits per heavy atom. The van der Waals surface area contributed by atoms with Crippen molar-refractivity contribution in [3.8, 4) is 0 Å². The van der Waals surface area contributed by atoms with E-state index in [-0.39, 0.29) is 11.0 Å². The van der Waals surface area contributed by atoms with Crippen LogP contribution in [0.25, 0.3) is 0 Å². The Morgan fingerprint density at radius 3 is 2.20 bits per heavy atom. The lowest BCUT2D eigenvalue weighted by Gasteiger charge is -2.32. The van der Waals surface area contributed by atoms with Crippen LogP contribution in [0.4, 0.5) is 0 Å². The van der Waals surface area contributed by atoms with E-state index in [1.807, 2.05) is 13.8 Å². The number of hydrogen-bond donors (Lipinski definition) is 1. The Morgan fingerprint density at radius 1 is 1.00 bits per heavy atom.